The van der Waals surface area contributed by atoms with Crippen LogP contribution in [0.25, 0.3) is 0 Å². The molecule has 1 aliphatic heterocycles. The molecule has 1 heterocycles. The first-order valence-corrected chi connectivity index (χ1v) is 7.42. The van der Waals surface area contributed by atoms with Gasteiger partial charge in [-0.2, -0.15) is 0 Å². The molecule has 1 saturated heterocycles. The van der Waals surface area contributed by atoms with E-state index in [1.807, 2.05) is 37.3 Å². The summed E-state index contributed by atoms with van der Waals surface area (Å²) < 4.78 is 21.8. The van der Waals surface area contributed by atoms with Crippen molar-refractivity contribution < 1.29 is 23.7 Å². The van der Waals surface area contributed by atoms with Crippen molar-refractivity contribution in [2.75, 3.05) is 20.0 Å². The number of carbonyl (C=O) groups excluding carboxylic acids is 1. The molecule has 2 unspecified atom stereocenters. The molecule has 2 rings (SSSR count). The number of hydrogen-bond acceptors (Lipinski definition) is 6. The van der Waals surface area contributed by atoms with Gasteiger partial charge >= 0.3 is 5.97 Å². The number of esters is 1. The highest BCUT2D eigenvalue weighted by Gasteiger charge is 2.24. The van der Waals surface area contributed by atoms with Crippen LogP contribution in [-0.2, 0) is 30.3 Å². The average molecular weight is 309 g/mol. The molecule has 2 N–H and O–H groups in total. The number of cyclic esters (lactones) is 1. The van der Waals surface area contributed by atoms with E-state index in [-0.39, 0.29) is 25.6 Å². The summed E-state index contributed by atoms with van der Waals surface area (Å²) in [6.07, 6.45) is 0.0934. The lowest BCUT2D eigenvalue weighted by Gasteiger charge is -2.20. The van der Waals surface area contributed by atoms with Crippen LogP contribution in [-0.4, -0.2) is 44.2 Å². The van der Waals surface area contributed by atoms with Crippen molar-refractivity contribution in [2.45, 2.75) is 38.2 Å². The zero-order chi connectivity index (χ0) is 15.8. The normalized spacial score (nSPS) is 26.6. The van der Waals surface area contributed by atoms with E-state index in [1.165, 1.54) is 0 Å². The zero-order valence-electron chi connectivity index (χ0n) is 12.8. The fourth-order valence-electron chi connectivity index (χ4n) is 2.16. The molecule has 122 valence electrons. The van der Waals surface area contributed by atoms with Crippen LogP contribution in [0.15, 0.2) is 30.3 Å². The van der Waals surface area contributed by atoms with Crippen LogP contribution in [0.4, 0.5) is 0 Å². The van der Waals surface area contributed by atoms with Crippen LogP contribution < -0.4 is 5.73 Å². The van der Waals surface area contributed by atoms with E-state index in [1.54, 1.807) is 0 Å². The third-order valence-electron chi connectivity index (χ3n) is 3.31. The Balaban J connectivity index is 1.72. The Labute approximate surface area is 130 Å². The van der Waals surface area contributed by atoms with Gasteiger partial charge in [0.1, 0.15) is 18.9 Å². The molecule has 0 aliphatic carbocycles. The molecule has 1 aromatic carbocycles. The van der Waals surface area contributed by atoms with E-state index in [0.29, 0.717) is 19.6 Å². The lowest BCUT2D eigenvalue weighted by Crippen LogP contribution is -2.37. The molecule has 6 heteroatoms. The van der Waals surface area contributed by atoms with Crippen molar-refractivity contribution in [1.82, 2.24) is 0 Å². The van der Waals surface area contributed by atoms with E-state index < -0.39 is 12.0 Å². The number of benzene rings is 1. The lowest BCUT2D eigenvalue weighted by atomic mass is 10.2. The van der Waals surface area contributed by atoms with Crippen molar-refractivity contribution in [1.29, 1.82) is 0 Å². The zero-order valence-corrected chi connectivity index (χ0v) is 12.8. The molecule has 1 aromatic rings. The lowest BCUT2D eigenvalue weighted by molar-refractivity contribution is -0.152. The molecule has 6 nitrogen and oxygen atoms in total. The van der Waals surface area contributed by atoms with Gasteiger partial charge in [-0.3, -0.25) is 4.79 Å². The number of rotatable bonds is 5. The minimum Gasteiger partial charge on any atom is -0.461 e. The fraction of sp³-hybridized carbons (Fsp3) is 0.562. The Morgan fingerprint density at radius 3 is 2.82 bits per heavy atom. The summed E-state index contributed by atoms with van der Waals surface area (Å²) in [4.78, 5) is 11.6. The maximum Gasteiger partial charge on any atom is 0.325 e. The van der Waals surface area contributed by atoms with Gasteiger partial charge in [0.25, 0.3) is 0 Å². The van der Waals surface area contributed by atoms with Gasteiger partial charge in [0.15, 0.2) is 0 Å². The molecular formula is C16H23NO5. The number of ether oxygens (including phenoxy) is 4. The molecule has 22 heavy (non-hydrogen) atoms. The maximum atomic E-state index is 11.6. The second-order valence-electron chi connectivity index (χ2n) is 5.37. The first kappa shape index (κ1) is 16.9. The van der Waals surface area contributed by atoms with E-state index in [2.05, 4.69) is 0 Å². The monoisotopic (exact) mass is 309 g/mol. The summed E-state index contributed by atoms with van der Waals surface area (Å²) >= 11 is 0. The van der Waals surface area contributed by atoms with Crippen LogP contribution in [0.1, 0.15) is 18.9 Å². The molecule has 0 amide bonds. The highest BCUT2D eigenvalue weighted by atomic mass is 16.7. The fourth-order valence-corrected chi connectivity index (χ4v) is 2.16. The van der Waals surface area contributed by atoms with Gasteiger partial charge in [0, 0.05) is 6.42 Å². The highest BCUT2D eigenvalue weighted by molar-refractivity contribution is 5.75. The maximum absolute atomic E-state index is 11.6. The second-order valence-corrected chi connectivity index (χ2v) is 5.37. The van der Waals surface area contributed by atoms with Gasteiger partial charge in [-0.25, -0.2) is 0 Å². The van der Waals surface area contributed by atoms with Crippen molar-refractivity contribution in [3.05, 3.63) is 35.9 Å². The Morgan fingerprint density at radius 2 is 2.05 bits per heavy atom. The second kappa shape index (κ2) is 8.85. The topological polar surface area (TPSA) is 80.0 Å². The largest absolute Gasteiger partial charge is 0.461 e. The van der Waals surface area contributed by atoms with Crippen molar-refractivity contribution in [3.63, 3.8) is 0 Å². The van der Waals surface area contributed by atoms with E-state index in [0.717, 1.165) is 5.56 Å². The molecule has 0 bridgehead atoms. The van der Waals surface area contributed by atoms with Crippen LogP contribution in [0.2, 0.25) is 0 Å². The summed E-state index contributed by atoms with van der Waals surface area (Å²) in [5, 5.41) is 0. The first-order valence-electron chi connectivity index (χ1n) is 7.42. The molecule has 3 atom stereocenters. The van der Waals surface area contributed by atoms with E-state index in [4.69, 9.17) is 24.7 Å². The summed E-state index contributed by atoms with van der Waals surface area (Å²) in [6.45, 7) is 2.97. The Kier molecular flexibility index (Phi) is 6.79. The quantitative estimate of drug-likeness (QED) is 0.500. The van der Waals surface area contributed by atoms with Crippen LogP contribution in [0.5, 0.6) is 0 Å². The predicted molar refractivity (Wildman–Crippen MR) is 79.9 cm³/mol. The Morgan fingerprint density at radius 1 is 1.27 bits per heavy atom. The third-order valence-corrected chi connectivity index (χ3v) is 3.31. The average Bonchev–Trinajstić information content (AvgIpc) is 2.56. The van der Waals surface area contributed by atoms with Gasteiger partial charge < -0.3 is 24.7 Å². The number of carbonyl (C=O) groups is 1. The summed E-state index contributed by atoms with van der Waals surface area (Å²) in [6, 6.07) is 9.13. The van der Waals surface area contributed by atoms with Crippen molar-refractivity contribution in [3.8, 4) is 0 Å². The molecule has 0 radical (unpaired) electrons. The third kappa shape index (κ3) is 5.73. The molecular weight excluding hydrogens is 286 g/mol. The van der Waals surface area contributed by atoms with Gasteiger partial charge in [0.2, 0.25) is 0 Å². The summed E-state index contributed by atoms with van der Waals surface area (Å²) in [5.74, 6) is -0.437. The first-order chi connectivity index (χ1) is 10.6. The van der Waals surface area contributed by atoms with Gasteiger partial charge in [-0.15, -0.1) is 0 Å². The SMILES string of the molecule is CC1CC(OCOCc2ccccc2)COC[C@H](N)C(=O)O1. The highest BCUT2D eigenvalue weighted by Crippen LogP contribution is 2.11. The molecule has 0 saturated carbocycles. The van der Waals surface area contributed by atoms with Crippen LogP contribution >= 0.6 is 0 Å². The molecule has 1 aliphatic rings. The van der Waals surface area contributed by atoms with Crippen molar-refractivity contribution >= 4 is 5.97 Å². The van der Waals surface area contributed by atoms with Crippen molar-refractivity contribution in [2.24, 2.45) is 5.73 Å². The van der Waals surface area contributed by atoms with Gasteiger partial charge in [0.05, 0.1) is 25.9 Å². The summed E-state index contributed by atoms with van der Waals surface area (Å²) in [5.41, 5.74) is 6.73. The summed E-state index contributed by atoms with van der Waals surface area (Å²) in [7, 11) is 0. The minimum atomic E-state index is -0.740. The smallest absolute Gasteiger partial charge is 0.325 e. The van der Waals surface area contributed by atoms with Gasteiger partial charge in [-0.05, 0) is 12.5 Å². The predicted octanol–water partition coefficient (Wildman–Crippen LogP) is 1.23. The Hall–Kier alpha value is -1.47. The van der Waals surface area contributed by atoms with Crippen LogP contribution in [0, 0.1) is 0 Å². The van der Waals surface area contributed by atoms with Gasteiger partial charge in [-0.1, -0.05) is 30.3 Å². The van der Waals surface area contributed by atoms with Crippen LogP contribution in [0.3, 0.4) is 0 Å². The van der Waals surface area contributed by atoms with E-state index in [9.17, 15) is 4.79 Å². The Bertz CT molecular complexity index is 453. The molecule has 0 spiro atoms. The molecule has 0 aromatic heterocycles. The minimum absolute atomic E-state index is 0.135. The number of nitrogens with two attached hydrogens (primary N) is 1. The number of hydrogen-bond donors (Lipinski definition) is 1. The standard InChI is InChI=1S/C16H23NO5/c1-12-7-14(9-19-10-15(17)16(18)22-12)21-11-20-8-13-5-3-2-4-6-13/h2-6,12,14-15H,7-11,17H2,1H3/t12?,14?,15-/m0/s1. The molecule has 1 fully saturated rings. The van der Waals surface area contributed by atoms with E-state index >= 15 is 0 Å².